The molecule has 0 atom stereocenters. The van der Waals surface area contributed by atoms with Crippen molar-refractivity contribution in [2.24, 2.45) is 5.10 Å². The number of nitrogens with zero attached hydrogens (tertiary/aromatic N) is 5. The lowest BCUT2D eigenvalue weighted by Crippen LogP contribution is -2.24. The van der Waals surface area contributed by atoms with Crippen molar-refractivity contribution < 1.29 is 14.3 Å². The van der Waals surface area contributed by atoms with Crippen molar-refractivity contribution in [1.82, 2.24) is 25.6 Å². The van der Waals surface area contributed by atoms with Crippen molar-refractivity contribution in [3.63, 3.8) is 0 Å². The predicted octanol–water partition coefficient (Wildman–Crippen LogP) is 4.13. The van der Waals surface area contributed by atoms with Gasteiger partial charge in [0.25, 0.3) is 5.91 Å². The Morgan fingerprint density at radius 1 is 1.09 bits per heavy atom. The van der Waals surface area contributed by atoms with Gasteiger partial charge in [0, 0.05) is 15.6 Å². The number of esters is 1. The summed E-state index contributed by atoms with van der Waals surface area (Å²) in [5, 5.41) is 16.2. The predicted molar refractivity (Wildman–Crippen MR) is 130 cm³/mol. The Morgan fingerprint density at radius 2 is 1.85 bits per heavy atom. The normalized spacial score (nSPS) is 10.9. The highest BCUT2D eigenvalue weighted by molar-refractivity contribution is 9.10. The molecule has 1 amide bonds. The standard InChI is InChI=1S/C23H16BrClN6O3/c24-17-10-11-20(34-23(33)18-8-4-5-9-19(18)25)16(12-17)13-26-27-21(32)14-31-29-22(28-30-31)15-6-2-1-3-7-15/h1-13H,14H2,(H,27,32)/b26-13+. The van der Waals surface area contributed by atoms with Crippen LogP contribution in [0.25, 0.3) is 11.4 Å². The number of tetrazole rings is 1. The van der Waals surface area contributed by atoms with Gasteiger partial charge in [-0.1, -0.05) is 70.0 Å². The third-order valence-corrected chi connectivity index (χ3v) is 5.25. The highest BCUT2D eigenvalue weighted by Crippen LogP contribution is 2.24. The lowest BCUT2D eigenvalue weighted by Gasteiger charge is -2.09. The number of hydrazone groups is 1. The number of ether oxygens (including phenoxy) is 1. The van der Waals surface area contributed by atoms with Gasteiger partial charge in [-0.2, -0.15) is 9.90 Å². The van der Waals surface area contributed by atoms with Crippen LogP contribution >= 0.6 is 27.5 Å². The second-order valence-corrected chi connectivity index (χ2v) is 8.18. The van der Waals surface area contributed by atoms with Gasteiger partial charge in [-0.05, 0) is 35.5 Å². The van der Waals surface area contributed by atoms with Crippen LogP contribution in [-0.4, -0.2) is 38.3 Å². The van der Waals surface area contributed by atoms with Gasteiger partial charge >= 0.3 is 5.97 Å². The summed E-state index contributed by atoms with van der Waals surface area (Å²) in [6.07, 6.45) is 1.36. The van der Waals surface area contributed by atoms with Crippen LogP contribution in [0.15, 0.2) is 82.4 Å². The molecule has 11 heteroatoms. The van der Waals surface area contributed by atoms with E-state index in [9.17, 15) is 9.59 Å². The average molecular weight is 540 g/mol. The molecule has 1 aromatic heterocycles. The Bertz CT molecular complexity index is 1360. The summed E-state index contributed by atoms with van der Waals surface area (Å²) in [6, 6.07) is 20.9. The molecular formula is C23H16BrClN6O3. The fourth-order valence-corrected chi connectivity index (χ4v) is 3.44. The van der Waals surface area contributed by atoms with E-state index in [1.165, 1.54) is 11.0 Å². The molecule has 0 bridgehead atoms. The minimum Gasteiger partial charge on any atom is -0.422 e. The number of benzene rings is 3. The zero-order valence-corrected chi connectivity index (χ0v) is 19.8. The second-order valence-electron chi connectivity index (χ2n) is 6.85. The minimum atomic E-state index is -0.613. The van der Waals surface area contributed by atoms with E-state index in [1.54, 1.807) is 42.5 Å². The summed E-state index contributed by atoms with van der Waals surface area (Å²) in [4.78, 5) is 25.9. The Balaban J connectivity index is 1.40. The zero-order chi connectivity index (χ0) is 23.9. The SMILES string of the molecule is O=C(Cn1nnc(-c2ccccc2)n1)N/N=C/c1cc(Br)ccc1OC(=O)c1ccccc1Cl. The summed E-state index contributed by atoms with van der Waals surface area (Å²) in [6.45, 7) is -0.177. The highest BCUT2D eigenvalue weighted by Gasteiger charge is 2.14. The van der Waals surface area contributed by atoms with Crippen LogP contribution in [0.1, 0.15) is 15.9 Å². The van der Waals surface area contributed by atoms with Crippen molar-refractivity contribution in [2.75, 3.05) is 0 Å². The third kappa shape index (κ3) is 5.91. The van der Waals surface area contributed by atoms with Crippen LogP contribution in [-0.2, 0) is 11.3 Å². The maximum absolute atomic E-state index is 12.5. The molecule has 1 N–H and O–H groups in total. The molecule has 0 saturated heterocycles. The lowest BCUT2D eigenvalue weighted by molar-refractivity contribution is -0.122. The summed E-state index contributed by atoms with van der Waals surface area (Å²) in [5.41, 5.74) is 3.88. The first-order valence-electron chi connectivity index (χ1n) is 9.91. The van der Waals surface area contributed by atoms with Gasteiger partial charge in [0.2, 0.25) is 5.82 Å². The van der Waals surface area contributed by atoms with Gasteiger partial charge in [0.15, 0.2) is 0 Å². The average Bonchev–Trinajstić information content (AvgIpc) is 3.30. The number of carbonyl (C=O) groups is 2. The molecule has 4 aromatic rings. The summed E-state index contributed by atoms with van der Waals surface area (Å²) in [7, 11) is 0. The molecule has 0 fully saturated rings. The monoisotopic (exact) mass is 538 g/mol. The maximum Gasteiger partial charge on any atom is 0.345 e. The molecular weight excluding hydrogens is 524 g/mol. The molecule has 0 aliphatic carbocycles. The maximum atomic E-state index is 12.5. The molecule has 1 heterocycles. The van der Waals surface area contributed by atoms with Gasteiger partial charge in [-0.3, -0.25) is 4.79 Å². The molecule has 0 aliphatic rings. The smallest absolute Gasteiger partial charge is 0.345 e. The van der Waals surface area contributed by atoms with E-state index >= 15 is 0 Å². The van der Waals surface area contributed by atoms with Crippen molar-refractivity contribution in [1.29, 1.82) is 0 Å². The van der Waals surface area contributed by atoms with Crippen molar-refractivity contribution in [3.05, 3.63) is 93.4 Å². The Kier molecular flexibility index (Phi) is 7.41. The van der Waals surface area contributed by atoms with E-state index in [1.807, 2.05) is 30.3 Å². The number of halogens is 2. The molecule has 0 spiro atoms. The van der Waals surface area contributed by atoms with Gasteiger partial charge in [-0.25, -0.2) is 10.2 Å². The molecule has 4 rings (SSSR count). The van der Waals surface area contributed by atoms with E-state index in [4.69, 9.17) is 16.3 Å². The number of amides is 1. The highest BCUT2D eigenvalue weighted by atomic mass is 79.9. The molecule has 170 valence electrons. The molecule has 3 aromatic carbocycles. The van der Waals surface area contributed by atoms with E-state index in [0.717, 1.165) is 10.0 Å². The summed E-state index contributed by atoms with van der Waals surface area (Å²) >= 11 is 9.44. The summed E-state index contributed by atoms with van der Waals surface area (Å²) < 4.78 is 6.22. The van der Waals surface area contributed by atoms with Gasteiger partial charge in [0.1, 0.15) is 12.3 Å². The third-order valence-electron chi connectivity index (χ3n) is 4.43. The molecule has 0 unspecified atom stereocenters. The van der Waals surface area contributed by atoms with E-state index in [-0.39, 0.29) is 22.9 Å². The van der Waals surface area contributed by atoms with Crippen LogP contribution in [0.3, 0.4) is 0 Å². The largest absolute Gasteiger partial charge is 0.422 e. The van der Waals surface area contributed by atoms with Crippen molar-refractivity contribution >= 4 is 45.6 Å². The van der Waals surface area contributed by atoms with Crippen LogP contribution in [0, 0.1) is 0 Å². The Morgan fingerprint density at radius 3 is 2.65 bits per heavy atom. The quantitative estimate of drug-likeness (QED) is 0.164. The number of hydrogen-bond donors (Lipinski definition) is 1. The fraction of sp³-hybridized carbons (Fsp3) is 0.0435. The molecule has 34 heavy (non-hydrogen) atoms. The van der Waals surface area contributed by atoms with Gasteiger partial charge in [-0.15, -0.1) is 10.2 Å². The van der Waals surface area contributed by atoms with Crippen LogP contribution in [0.2, 0.25) is 5.02 Å². The topological polar surface area (TPSA) is 111 Å². The van der Waals surface area contributed by atoms with Gasteiger partial charge < -0.3 is 4.74 Å². The fourth-order valence-electron chi connectivity index (χ4n) is 2.85. The Hall–Kier alpha value is -3.89. The van der Waals surface area contributed by atoms with E-state index in [2.05, 4.69) is 41.9 Å². The van der Waals surface area contributed by atoms with E-state index < -0.39 is 11.9 Å². The van der Waals surface area contributed by atoms with Crippen LogP contribution < -0.4 is 10.2 Å². The summed E-state index contributed by atoms with van der Waals surface area (Å²) in [5.74, 6) is -0.413. The molecule has 0 saturated carbocycles. The van der Waals surface area contributed by atoms with Crippen LogP contribution in [0.4, 0.5) is 0 Å². The van der Waals surface area contributed by atoms with Gasteiger partial charge in [0.05, 0.1) is 16.8 Å². The first kappa shape index (κ1) is 23.3. The minimum absolute atomic E-state index is 0.177. The number of hydrogen-bond acceptors (Lipinski definition) is 7. The number of nitrogens with one attached hydrogen (secondary N) is 1. The van der Waals surface area contributed by atoms with E-state index in [0.29, 0.717) is 11.4 Å². The van der Waals surface area contributed by atoms with Crippen LogP contribution in [0.5, 0.6) is 5.75 Å². The Labute approximate surface area is 207 Å². The lowest BCUT2D eigenvalue weighted by atomic mass is 10.2. The first-order chi connectivity index (χ1) is 16.5. The second kappa shape index (κ2) is 10.8. The van der Waals surface area contributed by atoms with Crippen molar-refractivity contribution in [2.45, 2.75) is 6.54 Å². The number of rotatable bonds is 7. The zero-order valence-electron chi connectivity index (χ0n) is 17.4. The number of aromatic nitrogens is 4. The molecule has 9 nitrogen and oxygen atoms in total. The number of carbonyl (C=O) groups excluding carboxylic acids is 2. The molecule has 0 radical (unpaired) electrons. The molecule has 0 aliphatic heterocycles. The van der Waals surface area contributed by atoms with Crippen molar-refractivity contribution in [3.8, 4) is 17.1 Å². The first-order valence-corrected chi connectivity index (χ1v) is 11.1.